The molecule has 3 rings (SSSR count). The lowest BCUT2D eigenvalue weighted by atomic mass is 10.0. The third-order valence-electron chi connectivity index (χ3n) is 3.54. The number of aryl methyl sites for hydroxylation is 1. The van der Waals surface area contributed by atoms with Crippen LogP contribution in [0.1, 0.15) is 5.69 Å². The first kappa shape index (κ1) is 16.4. The van der Waals surface area contributed by atoms with Crippen molar-refractivity contribution in [1.82, 2.24) is 9.97 Å². The molecule has 0 bridgehead atoms. The van der Waals surface area contributed by atoms with Gasteiger partial charge in [-0.2, -0.15) is 0 Å². The molecule has 0 aliphatic carbocycles. The van der Waals surface area contributed by atoms with Crippen LogP contribution in [0.2, 0.25) is 0 Å². The lowest BCUT2D eigenvalue weighted by Gasteiger charge is -2.11. The Morgan fingerprint density at radius 1 is 0.957 bits per heavy atom. The predicted molar refractivity (Wildman–Crippen MR) is 103 cm³/mol. The number of nitrogens with zero attached hydrogens (tertiary/aromatic N) is 2. The Labute approximate surface area is 152 Å². The van der Waals surface area contributed by atoms with Crippen molar-refractivity contribution in [1.29, 1.82) is 0 Å². The van der Waals surface area contributed by atoms with Gasteiger partial charge in [0.1, 0.15) is 6.26 Å². The van der Waals surface area contributed by atoms with Crippen molar-refractivity contribution in [2.75, 3.05) is 6.26 Å². The second-order valence-electron chi connectivity index (χ2n) is 5.22. The van der Waals surface area contributed by atoms with Crippen LogP contribution in [-0.2, 0) is 11.2 Å². The van der Waals surface area contributed by atoms with Gasteiger partial charge in [-0.3, -0.25) is 9.97 Å². The molecule has 0 radical (unpaired) electrons. The first-order valence-corrected chi connectivity index (χ1v) is 9.71. The lowest BCUT2D eigenvalue weighted by Crippen LogP contribution is -1.97. The standard InChI is InChI=1S/C18H15IN2OS/c1-12-3-4-14(10-20-12)18-17(9-15(19)11-21-18)13-5-7-16(8-6-13)23(2)22/h3-11H,1-2H3. The SMILES string of the molecule is Cc1ccc(-c2ncc(I)cc2-c2ccc([S+](C)[O-])cc2)cn1. The molecule has 0 fully saturated rings. The third-order valence-corrected chi connectivity index (χ3v) is 5.06. The number of benzene rings is 1. The Kier molecular flexibility index (Phi) is 4.99. The van der Waals surface area contributed by atoms with Crippen LogP contribution in [0, 0.1) is 10.5 Å². The van der Waals surface area contributed by atoms with Crippen LogP contribution in [0.5, 0.6) is 0 Å². The van der Waals surface area contributed by atoms with Gasteiger partial charge in [0.15, 0.2) is 4.90 Å². The normalized spacial score (nSPS) is 12.2. The van der Waals surface area contributed by atoms with E-state index < -0.39 is 11.2 Å². The smallest absolute Gasteiger partial charge is 0.152 e. The summed E-state index contributed by atoms with van der Waals surface area (Å²) in [5.74, 6) is 0. The van der Waals surface area contributed by atoms with Crippen molar-refractivity contribution in [2.24, 2.45) is 0 Å². The van der Waals surface area contributed by atoms with E-state index in [2.05, 4.69) is 38.6 Å². The molecule has 3 aromatic rings. The van der Waals surface area contributed by atoms with Crippen molar-refractivity contribution < 1.29 is 4.55 Å². The fourth-order valence-corrected chi connectivity index (χ4v) is 3.29. The van der Waals surface area contributed by atoms with Gasteiger partial charge in [-0.1, -0.05) is 0 Å². The third kappa shape index (κ3) is 3.73. The molecule has 0 aliphatic rings. The molecule has 1 aromatic carbocycles. The Bertz CT molecular complexity index is 817. The summed E-state index contributed by atoms with van der Waals surface area (Å²) >= 11 is 1.30. The molecule has 0 saturated heterocycles. The maximum atomic E-state index is 11.6. The predicted octanol–water partition coefficient (Wildman–Crippen LogP) is 4.46. The van der Waals surface area contributed by atoms with Gasteiger partial charge < -0.3 is 4.55 Å². The highest BCUT2D eigenvalue weighted by Crippen LogP contribution is 2.31. The molecule has 0 N–H and O–H groups in total. The van der Waals surface area contributed by atoms with Crippen LogP contribution >= 0.6 is 22.6 Å². The summed E-state index contributed by atoms with van der Waals surface area (Å²) in [6, 6.07) is 13.9. The summed E-state index contributed by atoms with van der Waals surface area (Å²) in [7, 11) is 0. The Morgan fingerprint density at radius 3 is 2.26 bits per heavy atom. The van der Waals surface area contributed by atoms with Crippen LogP contribution < -0.4 is 0 Å². The topological polar surface area (TPSA) is 48.8 Å². The van der Waals surface area contributed by atoms with Gasteiger partial charge >= 0.3 is 0 Å². The van der Waals surface area contributed by atoms with Crippen LogP contribution in [0.3, 0.4) is 0 Å². The second kappa shape index (κ2) is 6.98. The minimum atomic E-state index is -0.969. The van der Waals surface area contributed by atoms with Gasteiger partial charge in [0.2, 0.25) is 0 Å². The van der Waals surface area contributed by atoms with Gasteiger partial charge in [0.25, 0.3) is 0 Å². The molecule has 1 atom stereocenters. The van der Waals surface area contributed by atoms with E-state index in [1.54, 1.807) is 6.26 Å². The average molecular weight is 434 g/mol. The van der Waals surface area contributed by atoms with Crippen LogP contribution in [0.25, 0.3) is 22.4 Å². The Balaban J connectivity index is 2.10. The van der Waals surface area contributed by atoms with Gasteiger partial charge in [0, 0.05) is 32.8 Å². The quantitative estimate of drug-likeness (QED) is 0.452. The van der Waals surface area contributed by atoms with Crippen LogP contribution in [-0.4, -0.2) is 20.8 Å². The summed E-state index contributed by atoms with van der Waals surface area (Å²) in [6.45, 7) is 1.97. The molecule has 2 heterocycles. The maximum absolute atomic E-state index is 11.6. The van der Waals surface area contributed by atoms with Gasteiger partial charge in [-0.05, 0) is 88.7 Å². The molecule has 5 heteroatoms. The largest absolute Gasteiger partial charge is 0.612 e. The second-order valence-corrected chi connectivity index (χ2v) is 7.84. The Morgan fingerprint density at radius 2 is 1.65 bits per heavy atom. The number of aromatic nitrogens is 2. The zero-order chi connectivity index (χ0) is 16.4. The zero-order valence-corrected chi connectivity index (χ0v) is 15.8. The molecular formula is C18H15IN2OS. The summed E-state index contributed by atoms with van der Waals surface area (Å²) < 4.78 is 12.6. The van der Waals surface area contributed by atoms with Crippen molar-refractivity contribution in [3.63, 3.8) is 0 Å². The average Bonchev–Trinajstić information content (AvgIpc) is 2.56. The Hall–Kier alpha value is -1.44. The number of rotatable bonds is 3. The van der Waals surface area contributed by atoms with E-state index in [0.717, 1.165) is 36.5 Å². The highest BCUT2D eigenvalue weighted by atomic mass is 127. The summed E-state index contributed by atoms with van der Waals surface area (Å²) in [4.78, 5) is 9.80. The van der Waals surface area contributed by atoms with E-state index in [-0.39, 0.29) is 0 Å². The minimum Gasteiger partial charge on any atom is -0.612 e. The lowest BCUT2D eigenvalue weighted by molar-refractivity contribution is 0.601. The molecule has 3 nitrogen and oxygen atoms in total. The molecule has 116 valence electrons. The molecule has 2 aromatic heterocycles. The monoisotopic (exact) mass is 434 g/mol. The molecule has 0 spiro atoms. The summed E-state index contributed by atoms with van der Waals surface area (Å²) in [5, 5.41) is 0. The molecule has 0 aliphatic heterocycles. The number of hydrogen-bond donors (Lipinski definition) is 0. The number of halogens is 1. The minimum absolute atomic E-state index is 0.825. The van der Waals surface area contributed by atoms with E-state index in [0.29, 0.717) is 0 Å². The molecule has 0 amide bonds. The fourth-order valence-electron chi connectivity index (χ4n) is 2.32. The summed E-state index contributed by atoms with van der Waals surface area (Å²) in [5.41, 5.74) is 4.99. The summed E-state index contributed by atoms with van der Waals surface area (Å²) in [6.07, 6.45) is 5.39. The van der Waals surface area contributed by atoms with Gasteiger partial charge in [0.05, 0.1) is 5.69 Å². The first-order valence-electron chi connectivity index (χ1n) is 7.07. The molecular weight excluding hydrogens is 419 g/mol. The van der Waals surface area contributed by atoms with Crippen molar-refractivity contribution in [2.45, 2.75) is 11.8 Å². The first-order chi connectivity index (χ1) is 11.0. The van der Waals surface area contributed by atoms with Crippen molar-refractivity contribution >= 4 is 33.8 Å². The van der Waals surface area contributed by atoms with E-state index in [9.17, 15) is 4.55 Å². The molecule has 1 unspecified atom stereocenters. The zero-order valence-electron chi connectivity index (χ0n) is 12.8. The van der Waals surface area contributed by atoms with E-state index in [1.807, 2.05) is 55.7 Å². The number of hydrogen-bond acceptors (Lipinski definition) is 3. The van der Waals surface area contributed by atoms with E-state index in [4.69, 9.17) is 0 Å². The molecule has 0 saturated carbocycles. The maximum Gasteiger partial charge on any atom is 0.152 e. The fraction of sp³-hybridized carbons (Fsp3) is 0.111. The molecule has 23 heavy (non-hydrogen) atoms. The highest BCUT2D eigenvalue weighted by Gasteiger charge is 2.12. The highest BCUT2D eigenvalue weighted by molar-refractivity contribution is 14.1. The van der Waals surface area contributed by atoms with Crippen LogP contribution in [0.4, 0.5) is 0 Å². The van der Waals surface area contributed by atoms with Crippen LogP contribution in [0.15, 0.2) is 59.8 Å². The van der Waals surface area contributed by atoms with Crippen molar-refractivity contribution in [3.8, 4) is 22.4 Å². The van der Waals surface area contributed by atoms with Gasteiger partial charge in [-0.25, -0.2) is 0 Å². The van der Waals surface area contributed by atoms with E-state index >= 15 is 0 Å². The van der Waals surface area contributed by atoms with Gasteiger partial charge in [-0.15, -0.1) is 0 Å². The van der Waals surface area contributed by atoms with Crippen molar-refractivity contribution in [3.05, 3.63) is 64.1 Å². The number of pyridine rings is 2. The van der Waals surface area contributed by atoms with E-state index in [1.165, 1.54) is 0 Å².